The summed E-state index contributed by atoms with van der Waals surface area (Å²) in [5, 5.41) is 16.2. The third-order valence-electron chi connectivity index (χ3n) is 5.72. The molecule has 0 bridgehead atoms. The van der Waals surface area contributed by atoms with Crippen LogP contribution in [0.15, 0.2) is 44.6 Å². The fourth-order valence-electron chi connectivity index (χ4n) is 4.43. The number of fused-ring (bicyclic) bond motifs is 3. The van der Waals surface area contributed by atoms with Crippen LogP contribution in [0.5, 0.6) is 5.75 Å². The average molecular weight is 378 g/mol. The van der Waals surface area contributed by atoms with Gasteiger partial charge in [-0.1, -0.05) is 12.1 Å². The molecule has 1 unspecified atom stereocenters. The highest BCUT2D eigenvalue weighted by molar-refractivity contribution is 6.09. The number of nitrogens with one attached hydrogen (secondary N) is 1. The van der Waals surface area contributed by atoms with Gasteiger partial charge in [-0.25, -0.2) is 9.18 Å². The van der Waals surface area contributed by atoms with E-state index >= 15 is 0 Å². The minimum atomic E-state index is -0.308. The number of aryl methyl sites for hydroxylation is 2. The van der Waals surface area contributed by atoms with Crippen LogP contribution in [0, 0.1) is 12.7 Å². The van der Waals surface area contributed by atoms with Gasteiger partial charge in [-0.2, -0.15) is 5.10 Å². The SMILES string of the molecule is Cc1cc2oc(=O)c3c(c2c(O)c1C1=NNC(c2cccc(F)c2)C1)CCC3. The summed E-state index contributed by atoms with van der Waals surface area (Å²) in [7, 11) is 0. The number of aromatic hydroxyl groups is 1. The summed E-state index contributed by atoms with van der Waals surface area (Å²) in [6.45, 7) is 1.86. The van der Waals surface area contributed by atoms with Crippen LogP contribution in [-0.2, 0) is 12.8 Å². The first kappa shape index (κ1) is 17.0. The maximum Gasteiger partial charge on any atom is 0.339 e. The Balaban J connectivity index is 1.60. The van der Waals surface area contributed by atoms with Crippen LogP contribution in [-0.4, -0.2) is 10.8 Å². The second-order valence-electron chi connectivity index (χ2n) is 7.49. The standard InChI is InChI=1S/C22H19FN2O3/c1-11-8-18-20(14-6-3-7-15(14)22(27)28-18)21(26)19(11)17-10-16(24-25-17)12-4-2-5-13(23)9-12/h2,4-5,8-9,16,24,26H,3,6-7,10H2,1H3. The second kappa shape index (κ2) is 6.19. The molecule has 2 aliphatic rings. The molecule has 142 valence electrons. The first-order chi connectivity index (χ1) is 13.5. The van der Waals surface area contributed by atoms with Gasteiger partial charge in [0, 0.05) is 17.5 Å². The second-order valence-corrected chi connectivity index (χ2v) is 7.49. The molecule has 6 heteroatoms. The molecule has 1 aliphatic carbocycles. The number of hydrazone groups is 1. The molecule has 0 spiro atoms. The van der Waals surface area contributed by atoms with Crippen molar-refractivity contribution in [2.45, 2.75) is 38.6 Å². The molecule has 28 heavy (non-hydrogen) atoms. The van der Waals surface area contributed by atoms with E-state index in [0.717, 1.165) is 29.5 Å². The van der Waals surface area contributed by atoms with Gasteiger partial charge in [0.1, 0.15) is 17.1 Å². The summed E-state index contributed by atoms with van der Waals surface area (Å²) in [6.07, 6.45) is 2.85. The van der Waals surface area contributed by atoms with Crippen molar-refractivity contribution in [3.8, 4) is 5.75 Å². The van der Waals surface area contributed by atoms with E-state index in [1.54, 1.807) is 12.1 Å². The first-order valence-electron chi connectivity index (χ1n) is 9.42. The Morgan fingerprint density at radius 3 is 2.89 bits per heavy atom. The van der Waals surface area contributed by atoms with E-state index in [-0.39, 0.29) is 23.2 Å². The van der Waals surface area contributed by atoms with Crippen molar-refractivity contribution in [3.63, 3.8) is 0 Å². The molecular weight excluding hydrogens is 359 g/mol. The monoisotopic (exact) mass is 378 g/mol. The van der Waals surface area contributed by atoms with Crippen molar-refractivity contribution < 1.29 is 13.9 Å². The molecule has 0 saturated carbocycles. The smallest absolute Gasteiger partial charge is 0.339 e. The van der Waals surface area contributed by atoms with Crippen molar-refractivity contribution in [2.24, 2.45) is 5.10 Å². The number of phenolic OH excluding ortho intramolecular Hbond substituents is 1. The van der Waals surface area contributed by atoms with Gasteiger partial charge in [-0.15, -0.1) is 0 Å². The molecule has 5 nitrogen and oxygen atoms in total. The van der Waals surface area contributed by atoms with E-state index in [0.29, 0.717) is 40.6 Å². The zero-order valence-electron chi connectivity index (χ0n) is 15.4. The molecule has 0 radical (unpaired) electrons. The van der Waals surface area contributed by atoms with Crippen LogP contribution in [0.2, 0.25) is 0 Å². The van der Waals surface area contributed by atoms with Gasteiger partial charge < -0.3 is 14.9 Å². The maximum absolute atomic E-state index is 13.6. The lowest BCUT2D eigenvalue weighted by atomic mass is 9.93. The summed E-state index contributed by atoms with van der Waals surface area (Å²) in [5.74, 6) is -0.180. The predicted octanol–water partition coefficient (Wildman–Crippen LogP) is 3.87. The molecular formula is C22H19FN2O3. The molecule has 5 rings (SSSR count). The predicted molar refractivity (Wildman–Crippen MR) is 104 cm³/mol. The van der Waals surface area contributed by atoms with Crippen LogP contribution < -0.4 is 11.1 Å². The molecule has 2 aromatic carbocycles. The summed E-state index contributed by atoms with van der Waals surface area (Å²) in [5.41, 5.74) is 7.67. The zero-order chi connectivity index (χ0) is 19.4. The molecule has 1 aromatic heterocycles. The number of phenols is 1. The van der Waals surface area contributed by atoms with E-state index < -0.39 is 0 Å². The molecule has 1 atom stereocenters. The fraction of sp³-hybridized carbons (Fsp3) is 0.273. The van der Waals surface area contributed by atoms with Crippen LogP contribution in [0.4, 0.5) is 4.39 Å². The van der Waals surface area contributed by atoms with E-state index in [1.807, 2.05) is 13.0 Å². The molecule has 3 aromatic rings. The Morgan fingerprint density at radius 2 is 2.07 bits per heavy atom. The van der Waals surface area contributed by atoms with Gasteiger partial charge in [-0.3, -0.25) is 0 Å². The number of hydrogen-bond donors (Lipinski definition) is 2. The average Bonchev–Trinajstić information content (AvgIpc) is 3.31. The Hall–Kier alpha value is -3.15. The van der Waals surface area contributed by atoms with Gasteiger partial charge >= 0.3 is 5.63 Å². The fourth-order valence-corrected chi connectivity index (χ4v) is 4.43. The largest absolute Gasteiger partial charge is 0.506 e. The first-order valence-corrected chi connectivity index (χ1v) is 9.42. The van der Waals surface area contributed by atoms with Crippen molar-refractivity contribution in [3.05, 3.63) is 74.4 Å². The summed E-state index contributed by atoms with van der Waals surface area (Å²) < 4.78 is 19.0. The quantitative estimate of drug-likeness (QED) is 0.664. The van der Waals surface area contributed by atoms with Gasteiger partial charge in [0.2, 0.25) is 0 Å². The lowest BCUT2D eigenvalue weighted by Gasteiger charge is -2.14. The molecule has 2 N–H and O–H groups in total. The highest BCUT2D eigenvalue weighted by atomic mass is 19.1. The van der Waals surface area contributed by atoms with E-state index in [1.165, 1.54) is 12.1 Å². The zero-order valence-corrected chi connectivity index (χ0v) is 15.4. The normalized spacial score (nSPS) is 18.2. The van der Waals surface area contributed by atoms with Crippen molar-refractivity contribution in [1.82, 2.24) is 5.43 Å². The highest BCUT2D eigenvalue weighted by Crippen LogP contribution is 2.39. The molecule has 2 heterocycles. The van der Waals surface area contributed by atoms with Gasteiger partial charge in [0.15, 0.2) is 0 Å². The van der Waals surface area contributed by atoms with E-state index in [2.05, 4.69) is 10.5 Å². The van der Waals surface area contributed by atoms with Crippen molar-refractivity contribution in [1.29, 1.82) is 0 Å². The maximum atomic E-state index is 13.6. The van der Waals surface area contributed by atoms with E-state index in [9.17, 15) is 14.3 Å². The van der Waals surface area contributed by atoms with Crippen molar-refractivity contribution in [2.75, 3.05) is 0 Å². The van der Waals surface area contributed by atoms with Crippen LogP contribution in [0.25, 0.3) is 11.0 Å². The Labute approximate surface area is 160 Å². The summed E-state index contributed by atoms with van der Waals surface area (Å²) >= 11 is 0. The molecule has 1 aliphatic heterocycles. The number of halogens is 1. The number of rotatable bonds is 2. The van der Waals surface area contributed by atoms with Crippen LogP contribution in [0.1, 0.15) is 46.7 Å². The lowest BCUT2D eigenvalue weighted by Crippen LogP contribution is -2.11. The summed E-state index contributed by atoms with van der Waals surface area (Å²) in [4.78, 5) is 12.2. The number of nitrogens with zero attached hydrogens (tertiary/aromatic N) is 1. The Bertz CT molecular complexity index is 1210. The molecule has 0 fully saturated rings. The minimum absolute atomic E-state index is 0.109. The van der Waals surface area contributed by atoms with Gasteiger partial charge in [0.05, 0.1) is 17.1 Å². The highest BCUT2D eigenvalue weighted by Gasteiger charge is 2.28. The Morgan fingerprint density at radius 1 is 1.25 bits per heavy atom. The third kappa shape index (κ3) is 2.52. The van der Waals surface area contributed by atoms with Crippen molar-refractivity contribution >= 4 is 16.7 Å². The van der Waals surface area contributed by atoms with Crippen LogP contribution >= 0.6 is 0 Å². The lowest BCUT2D eigenvalue weighted by molar-refractivity contribution is 0.476. The number of hydrogen-bond acceptors (Lipinski definition) is 5. The van der Waals surface area contributed by atoms with Gasteiger partial charge in [0.25, 0.3) is 0 Å². The Kier molecular flexibility index (Phi) is 3.75. The number of benzene rings is 2. The van der Waals surface area contributed by atoms with E-state index in [4.69, 9.17) is 4.42 Å². The topological polar surface area (TPSA) is 74.8 Å². The minimum Gasteiger partial charge on any atom is -0.506 e. The van der Waals surface area contributed by atoms with Gasteiger partial charge in [-0.05, 0) is 61.1 Å². The molecule has 0 amide bonds. The molecule has 0 saturated heterocycles. The summed E-state index contributed by atoms with van der Waals surface area (Å²) in [6, 6.07) is 8.07. The third-order valence-corrected chi connectivity index (χ3v) is 5.72. The van der Waals surface area contributed by atoms with Crippen LogP contribution in [0.3, 0.4) is 0 Å².